The Morgan fingerprint density at radius 3 is 2.77 bits per heavy atom. The summed E-state index contributed by atoms with van der Waals surface area (Å²) < 4.78 is 12.7. The third kappa shape index (κ3) is 2.16. The molecule has 1 rings (SSSR count). The molecule has 0 spiro atoms. The molecule has 0 saturated carbocycles. The van der Waals surface area contributed by atoms with Crippen molar-refractivity contribution in [1.29, 1.82) is 0 Å². The topological polar surface area (TPSA) is 76.4 Å². The molecule has 13 heavy (non-hydrogen) atoms. The zero-order valence-electron chi connectivity index (χ0n) is 7.21. The van der Waals surface area contributed by atoms with Crippen LogP contribution in [0.1, 0.15) is 11.1 Å². The third-order valence-electron chi connectivity index (χ3n) is 1.65. The Morgan fingerprint density at radius 2 is 2.23 bits per heavy atom. The molecule has 0 amide bonds. The first-order valence-electron chi connectivity index (χ1n) is 3.70. The molecule has 0 heterocycles. The van der Waals surface area contributed by atoms with Crippen molar-refractivity contribution in [2.45, 2.75) is 6.92 Å². The number of nitrogens with one attached hydrogen (secondary N) is 1. The maximum Gasteiger partial charge on any atom is 0.152 e. The number of hydrogen-bond acceptors (Lipinski definition) is 3. The second kappa shape index (κ2) is 3.86. The first-order valence-corrected chi connectivity index (χ1v) is 3.70. The molecule has 0 atom stereocenters. The zero-order valence-corrected chi connectivity index (χ0v) is 7.21. The molecule has 0 aliphatic rings. The molecule has 1 aromatic carbocycles. The lowest BCUT2D eigenvalue weighted by Crippen LogP contribution is -2.23. The summed E-state index contributed by atoms with van der Waals surface area (Å²) in [5.74, 6) is 4.89. The molecule has 0 saturated heterocycles. The van der Waals surface area contributed by atoms with Gasteiger partial charge in [0.15, 0.2) is 5.84 Å². The van der Waals surface area contributed by atoms with Crippen molar-refractivity contribution in [3.05, 3.63) is 35.1 Å². The van der Waals surface area contributed by atoms with Gasteiger partial charge in [0, 0.05) is 5.56 Å². The molecule has 0 bridgehead atoms. The van der Waals surface area contributed by atoms with Crippen molar-refractivity contribution in [1.82, 2.24) is 5.53 Å². The Morgan fingerprint density at radius 1 is 1.54 bits per heavy atom. The molecule has 5 N–H and O–H groups in total. The average molecular weight is 182 g/mol. The van der Waals surface area contributed by atoms with Gasteiger partial charge in [-0.3, -0.25) is 0 Å². The van der Waals surface area contributed by atoms with Crippen LogP contribution in [0.3, 0.4) is 0 Å². The van der Waals surface area contributed by atoms with E-state index in [0.29, 0.717) is 5.56 Å². The summed E-state index contributed by atoms with van der Waals surface area (Å²) in [6.45, 7) is 1.75. The molecule has 1 aromatic rings. The highest BCUT2D eigenvalue weighted by atomic mass is 19.1. The minimum absolute atomic E-state index is 0.236. The van der Waals surface area contributed by atoms with E-state index < -0.39 is 0 Å². The molecule has 4 nitrogen and oxygen atoms in total. The Hall–Kier alpha value is -1.62. The minimum Gasteiger partial charge on any atom is -0.382 e. The van der Waals surface area contributed by atoms with Gasteiger partial charge in [0.05, 0.1) is 0 Å². The van der Waals surface area contributed by atoms with Gasteiger partial charge in [-0.25, -0.2) is 15.8 Å². The molecule has 0 unspecified atom stereocenters. The summed E-state index contributed by atoms with van der Waals surface area (Å²) in [5.41, 5.74) is 9.00. The van der Waals surface area contributed by atoms with E-state index in [1.165, 1.54) is 12.1 Å². The Balaban J connectivity index is 3.09. The summed E-state index contributed by atoms with van der Waals surface area (Å²) in [5, 5.41) is 3.59. The Kier molecular flexibility index (Phi) is 2.81. The standard InChI is InChI=1S/C8H11FN4/c1-5-4-6(9)2-3-7(5)8(10)12-13-11/h2-4,13H,11H2,1H3,(H2,10,12). The van der Waals surface area contributed by atoms with Crippen LogP contribution in [0.25, 0.3) is 0 Å². The zero-order chi connectivity index (χ0) is 9.84. The van der Waals surface area contributed by atoms with Crippen LogP contribution in [-0.4, -0.2) is 5.84 Å². The number of nitrogens with two attached hydrogens (primary N) is 2. The highest BCUT2D eigenvalue weighted by Crippen LogP contribution is 2.09. The molecular formula is C8H11FN4. The first-order chi connectivity index (χ1) is 6.15. The number of hydrazine groups is 1. The van der Waals surface area contributed by atoms with Crippen LogP contribution < -0.4 is 17.1 Å². The number of nitrogens with zero attached hydrogens (tertiary/aromatic N) is 1. The van der Waals surface area contributed by atoms with Gasteiger partial charge < -0.3 is 5.73 Å². The SMILES string of the molecule is Cc1cc(F)ccc1/C(N)=N/NN. The molecule has 0 aliphatic carbocycles. The first kappa shape index (κ1) is 9.47. The van der Waals surface area contributed by atoms with E-state index in [1.54, 1.807) is 13.0 Å². The van der Waals surface area contributed by atoms with Crippen LogP contribution in [0.5, 0.6) is 0 Å². The number of halogens is 1. The number of hydrogen-bond donors (Lipinski definition) is 3. The number of amidine groups is 1. The van der Waals surface area contributed by atoms with Crippen molar-refractivity contribution >= 4 is 5.84 Å². The summed E-state index contributed by atoms with van der Waals surface area (Å²) in [6.07, 6.45) is 0. The summed E-state index contributed by atoms with van der Waals surface area (Å²) in [4.78, 5) is 0. The van der Waals surface area contributed by atoms with E-state index in [0.717, 1.165) is 5.56 Å². The van der Waals surface area contributed by atoms with E-state index in [2.05, 4.69) is 10.6 Å². The fourth-order valence-electron chi connectivity index (χ4n) is 1.04. The Labute approximate surface area is 75.4 Å². The van der Waals surface area contributed by atoms with Crippen molar-refractivity contribution in [3.8, 4) is 0 Å². The van der Waals surface area contributed by atoms with Crippen molar-refractivity contribution in [3.63, 3.8) is 0 Å². The fourth-order valence-corrected chi connectivity index (χ4v) is 1.04. The largest absolute Gasteiger partial charge is 0.382 e. The molecule has 70 valence electrons. The van der Waals surface area contributed by atoms with Gasteiger partial charge in [0.25, 0.3) is 0 Å². The van der Waals surface area contributed by atoms with Crippen LogP contribution in [0.2, 0.25) is 0 Å². The minimum atomic E-state index is -0.297. The fraction of sp³-hybridized carbons (Fsp3) is 0.125. The molecule has 0 aliphatic heterocycles. The maximum absolute atomic E-state index is 12.7. The summed E-state index contributed by atoms with van der Waals surface area (Å²) in [7, 11) is 0. The van der Waals surface area contributed by atoms with Crippen molar-refractivity contribution in [2.24, 2.45) is 16.7 Å². The Bertz CT molecular complexity index is 335. The van der Waals surface area contributed by atoms with Crippen molar-refractivity contribution < 1.29 is 4.39 Å². The number of aryl methyl sites for hydroxylation is 1. The van der Waals surface area contributed by atoms with Gasteiger partial charge in [-0.1, -0.05) is 0 Å². The van der Waals surface area contributed by atoms with Crippen LogP contribution in [0.15, 0.2) is 23.3 Å². The summed E-state index contributed by atoms with van der Waals surface area (Å²) in [6, 6.07) is 4.26. The molecular weight excluding hydrogens is 171 g/mol. The van der Waals surface area contributed by atoms with Gasteiger partial charge in [-0.05, 0) is 30.7 Å². The van der Waals surface area contributed by atoms with Gasteiger partial charge in [0.1, 0.15) is 5.82 Å². The van der Waals surface area contributed by atoms with Crippen molar-refractivity contribution in [2.75, 3.05) is 0 Å². The van der Waals surface area contributed by atoms with Gasteiger partial charge >= 0.3 is 0 Å². The average Bonchev–Trinajstić information content (AvgIpc) is 2.04. The second-order valence-electron chi connectivity index (χ2n) is 2.59. The number of rotatable bonds is 2. The van der Waals surface area contributed by atoms with E-state index in [1.807, 2.05) is 0 Å². The van der Waals surface area contributed by atoms with Gasteiger partial charge in [-0.2, -0.15) is 0 Å². The lowest BCUT2D eigenvalue weighted by atomic mass is 10.1. The van der Waals surface area contributed by atoms with E-state index in [-0.39, 0.29) is 11.7 Å². The molecule has 0 radical (unpaired) electrons. The van der Waals surface area contributed by atoms with Gasteiger partial charge in [-0.15, -0.1) is 5.10 Å². The van der Waals surface area contributed by atoms with E-state index in [4.69, 9.17) is 11.6 Å². The molecule has 0 aromatic heterocycles. The predicted molar refractivity (Wildman–Crippen MR) is 49.2 cm³/mol. The number of hydrazone groups is 1. The normalized spacial score (nSPS) is 11.5. The second-order valence-corrected chi connectivity index (χ2v) is 2.59. The third-order valence-corrected chi connectivity index (χ3v) is 1.65. The summed E-state index contributed by atoms with van der Waals surface area (Å²) >= 11 is 0. The quantitative estimate of drug-likeness (QED) is 0.265. The monoisotopic (exact) mass is 182 g/mol. The number of benzene rings is 1. The maximum atomic E-state index is 12.7. The molecule has 5 heteroatoms. The van der Waals surface area contributed by atoms with Gasteiger partial charge in [0.2, 0.25) is 0 Å². The van der Waals surface area contributed by atoms with E-state index in [9.17, 15) is 4.39 Å². The highest BCUT2D eigenvalue weighted by Gasteiger charge is 2.03. The van der Waals surface area contributed by atoms with Crippen LogP contribution in [0, 0.1) is 12.7 Å². The van der Waals surface area contributed by atoms with Crippen LogP contribution in [0.4, 0.5) is 4.39 Å². The lowest BCUT2D eigenvalue weighted by Gasteiger charge is -2.04. The van der Waals surface area contributed by atoms with Crippen LogP contribution >= 0.6 is 0 Å². The highest BCUT2D eigenvalue weighted by molar-refractivity contribution is 5.98. The smallest absolute Gasteiger partial charge is 0.152 e. The van der Waals surface area contributed by atoms with Crippen LogP contribution in [-0.2, 0) is 0 Å². The predicted octanol–water partition coefficient (Wildman–Crippen LogP) is 0.218. The lowest BCUT2D eigenvalue weighted by molar-refractivity contribution is 0.626. The molecule has 0 fully saturated rings. The van der Waals surface area contributed by atoms with E-state index >= 15 is 0 Å².